The van der Waals surface area contributed by atoms with Crippen molar-refractivity contribution in [1.82, 2.24) is 15.6 Å². The van der Waals surface area contributed by atoms with Crippen LogP contribution in [0.4, 0.5) is 0 Å². The highest BCUT2D eigenvalue weighted by Gasteiger charge is 2.15. The molecule has 116 valence electrons. The SMILES string of the molecule is Cc1oc(-c2ccsc2)nc1CC(=O)NCC1=CCNCC1. The molecule has 1 aliphatic rings. The van der Waals surface area contributed by atoms with Crippen LogP contribution in [0.2, 0.25) is 0 Å². The standard InChI is InChI=1S/C16H19N3O2S/c1-11-14(19-16(21-11)13-4-7-22-10-13)8-15(20)18-9-12-2-5-17-6-3-12/h2,4,7,10,17H,3,5-6,8-9H2,1H3,(H,18,20). The molecule has 1 aliphatic heterocycles. The van der Waals surface area contributed by atoms with Crippen molar-refractivity contribution in [2.45, 2.75) is 19.8 Å². The molecule has 6 heteroatoms. The van der Waals surface area contributed by atoms with Crippen LogP contribution in [-0.4, -0.2) is 30.5 Å². The average molecular weight is 317 g/mol. The minimum Gasteiger partial charge on any atom is -0.441 e. The lowest BCUT2D eigenvalue weighted by atomic mass is 10.1. The zero-order chi connectivity index (χ0) is 15.4. The first-order chi connectivity index (χ1) is 10.7. The van der Waals surface area contributed by atoms with E-state index >= 15 is 0 Å². The van der Waals surface area contributed by atoms with E-state index in [1.165, 1.54) is 5.57 Å². The summed E-state index contributed by atoms with van der Waals surface area (Å²) in [5.41, 5.74) is 2.94. The molecule has 2 aromatic heterocycles. The largest absolute Gasteiger partial charge is 0.441 e. The van der Waals surface area contributed by atoms with Crippen LogP contribution in [0.3, 0.4) is 0 Å². The van der Waals surface area contributed by atoms with E-state index in [0.29, 0.717) is 23.9 Å². The first-order valence-electron chi connectivity index (χ1n) is 7.36. The van der Waals surface area contributed by atoms with Crippen LogP contribution in [0.25, 0.3) is 11.5 Å². The lowest BCUT2D eigenvalue weighted by molar-refractivity contribution is -0.120. The first kappa shape index (κ1) is 15.0. The molecule has 0 unspecified atom stereocenters. The van der Waals surface area contributed by atoms with Gasteiger partial charge < -0.3 is 15.1 Å². The number of hydrogen-bond donors (Lipinski definition) is 2. The van der Waals surface area contributed by atoms with Gasteiger partial charge in [-0.05, 0) is 31.3 Å². The third-order valence-corrected chi connectivity index (χ3v) is 4.34. The van der Waals surface area contributed by atoms with Crippen molar-refractivity contribution in [2.24, 2.45) is 0 Å². The number of aromatic nitrogens is 1. The molecule has 0 saturated heterocycles. The molecule has 0 radical (unpaired) electrons. The number of hydrogen-bond acceptors (Lipinski definition) is 5. The van der Waals surface area contributed by atoms with Gasteiger partial charge in [0.1, 0.15) is 5.76 Å². The average Bonchev–Trinajstić information content (AvgIpc) is 3.17. The molecule has 22 heavy (non-hydrogen) atoms. The Balaban J connectivity index is 1.58. The molecule has 0 atom stereocenters. The molecule has 0 aromatic carbocycles. The summed E-state index contributed by atoms with van der Waals surface area (Å²) in [6.45, 7) is 4.33. The molecule has 0 bridgehead atoms. The number of amides is 1. The summed E-state index contributed by atoms with van der Waals surface area (Å²) in [5.74, 6) is 1.27. The monoisotopic (exact) mass is 317 g/mol. The Morgan fingerprint density at radius 1 is 1.55 bits per heavy atom. The molecule has 0 fully saturated rings. The molecule has 2 aromatic rings. The summed E-state index contributed by atoms with van der Waals surface area (Å²) in [7, 11) is 0. The number of carbonyl (C=O) groups is 1. The Morgan fingerprint density at radius 2 is 2.45 bits per heavy atom. The molecule has 5 nitrogen and oxygen atoms in total. The van der Waals surface area contributed by atoms with Gasteiger partial charge in [0.05, 0.1) is 12.1 Å². The summed E-state index contributed by atoms with van der Waals surface area (Å²) in [5, 5.41) is 10.2. The van der Waals surface area contributed by atoms with Crippen molar-refractivity contribution >= 4 is 17.2 Å². The first-order valence-corrected chi connectivity index (χ1v) is 8.31. The summed E-state index contributed by atoms with van der Waals surface area (Å²) in [6, 6.07) is 1.96. The number of nitrogens with zero attached hydrogens (tertiary/aromatic N) is 1. The fourth-order valence-corrected chi connectivity index (χ4v) is 2.99. The van der Waals surface area contributed by atoms with Gasteiger partial charge in [-0.3, -0.25) is 4.79 Å². The Kier molecular flexibility index (Phi) is 4.70. The van der Waals surface area contributed by atoms with Crippen molar-refractivity contribution < 1.29 is 9.21 Å². The molecular weight excluding hydrogens is 298 g/mol. The van der Waals surface area contributed by atoms with Crippen LogP contribution < -0.4 is 10.6 Å². The second-order valence-corrected chi connectivity index (χ2v) is 6.08. The summed E-state index contributed by atoms with van der Waals surface area (Å²) in [4.78, 5) is 16.5. The predicted octanol–water partition coefficient (Wildman–Crippen LogP) is 2.29. The van der Waals surface area contributed by atoms with Gasteiger partial charge in [-0.2, -0.15) is 11.3 Å². The van der Waals surface area contributed by atoms with E-state index in [9.17, 15) is 4.79 Å². The van der Waals surface area contributed by atoms with Crippen LogP contribution in [0.15, 0.2) is 32.9 Å². The van der Waals surface area contributed by atoms with Gasteiger partial charge in [0, 0.05) is 24.0 Å². The number of oxazole rings is 1. The van der Waals surface area contributed by atoms with E-state index in [0.717, 1.165) is 25.1 Å². The highest BCUT2D eigenvalue weighted by atomic mass is 32.1. The lowest BCUT2D eigenvalue weighted by Gasteiger charge is -2.14. The minimum absolute atomic E-state index is 0.0206. The van der Waals surface area contributed by atoms with Crippen LogP contribution in [-0.2, 0) is 11.2 Å². The Labute approximate surface area is 133 Å². The van der Waals surface area contributed by atoms with Crippen molar-refractivity contribution in [1.29, 1.82) is 0 Å². The highest BCUT2D eigenvalue weighted by Crippen LogP contribution is 2.23. The molecule has 3 rings (SSSR count). The predicted molar refractivity (Wildman–Crippen MR) is 86.8 cm³/mol. The fourth-order valence-electron chi connectivity index (χ4n) is 2.36. The van der Waals surface area contributed by atoms with E-state index in [1.54, 1.807) is 11.3 Å². The minimum atomic E-state index is -0.0206. The van der Waals surface area contributed by atoms with Gasteiger partial charge in [-0.1, -0.05) is 11.6 Å². The molecule has 3 heterocycles. The van der Waals surface area contributed by atoms with Gasteiger partial charge in [-0.25, -0.2) is 4.98 Å². The zero-order valence-electron chi connectivity index (χ0n) is 12.5. The third-order valence-electron chi connectivity index (χ3n) is 3.66. The van der Waals surface area contributed by atoms with E-state index in [2.05, 4.69) is 21.7 Å². The van der Waals surface area contributed by atoms with Gasteiger partial charge >= 0.3 is 0 Å². The van der Waals surface area contributed by atoms with E-state index in [-0.39, 0.29) is 12.3 Å². The van der Waals surface area contributed by atoms with Gasteiger partial charge in [-0.15, -0.1) is 0 Å². The normalized spacial score (nSPS) is 14.7. The van der Waals surface area contributed by atoms with Crippen LogP contribution in [0.5, 0.6) is 0 Å². The maximum Gasteiger partial charge on any atom is 0.227 e. The quantitative estimate of drug-likeness (QED) is 0.830. The van der Waals surface area contributed by atoms with Gasteiger partial charge in [0.15, 0.2) is 0 Å². The van der Waals surface area contributed by atoms with E-state index < -0.39 is 0 Å². The maximum absolute atomic E-state index is 12.1. The van der Waals surface area contributed by atoms with E-state index in [4.69, 9.17) is 4.42 Å². The van der Waals surface area contributed by atoms with Gasteiger partial charge in [0.2, 0.25) is 11.8 Å². The second kappa shape index (κ2) is 6.89. The molecule has 0 aliphatic carbocycles. The molecule has 2 N–H and O–H groups in total. The second-order valence-electron chi connectivity index (χ2n) is 5.30. The van der Waals surface area contributed by atoms with Crippen molar-refractivity contribution in [3.63, 3.8) is 0 Å². The van der Waals surface area contributed by atoms with Gasteiger partial charge in [0.25, 0.3) is 0 Å². The molecular formula is C16H19N3O2S. The Hall–Kier alpha value is -1.92. The Bertz CT molecular complexity index is 674. The summed E-state index contributed by atoms with van der Waals surface area (Å²) >= 11 is 1.60. The smallest absolute Gasteiger partial charge is 0.227 e. The fraction of sp³-hybridized carbons (Fsp3) is 0.375. The summed E-state index contributed by atoms with van der Waals surface area (Å²) < 4.78 is 5.65. The molecule has 0 spiro atoms. The molecule has 1 amide bonds. The van der Waals surface area contributed by atoms with Crippen LogP contribution in [0, 0.1) is 6.92 Å². The van der Waals surface area contributed by atoms with Crippen molar-refractivity contribution in [3.05, 3.63) is 39.9 Å². The third kappa shape index (κ3) is 3.64. The number of carbonyl (C=O) groups excluding carboxylic acids is 1. The number of aryl methyl sites for hydroxylation is 1. The topological polar surface area (TPSA) is 67.2 Å². The van der Waals surface area contributed by atoms with Crippen LogP contribution >= 0.6 is 11.3 Å². The van der Waals surface area contributed by atoms with Crippen LogP contribution in [0.1, 0.15) is 17.9 Å². The van der Waals surface area contributed by atoms with E-state index in [1.807, 2.05) is 23.8 Å². The number of rotatable bonds is 5. The number of nitrogens with one attached hydrogen (secondary N) is 2. The highest BCUT2D eigenvalue weighted by molar-refractivity contribution is 7.08. The Morgan fingerprint density at radius 3 is 3.18 bits per heavy atom. The van der Waals surface area contributed by atoms with Crippen molar-refractivity contribution in [2.75, 3.05) is 19.6 Å². The number of thiophene rings is 1. The van der Waals surface area contributed by atoms with Crippen molar-refractivity contribution in [3.8, 4) is 11.5 Å². The maximum atomic E-state index is 12.1. The lowest BCUT2D eigenvalue weighted by Crippen LogP contribution is -2.30. The zero-order valence-corrected chi connectivity index (χ0v) is 13.3. The summed E-state index contributed by atoms with van der Waals surface area (Å²) in [6.07, 6.45) is 3.39. The molecule has 0 saturated carbocycles.